The van der Waals surface area contributed by atoms with E-state index in [0.717, 1.165) is 16.5 Å². The smallest absolute Gasteiger partial charge is 0.412 e. The van der Waals surface area contributed by atoms with E-state index in [2.05, 4.69) is 10.3 Å². The van der Waals surface area contributed by atoms with Gasteiger partial charge in [-0.05, 0) is 42.0 Å². The molecule has 0 fully saturated rings. The van der Waals surface area contributed by atoms with Crippen LogP contribution in [-0.4, -0.2) is 25.3 Å². The summed E-state index contributed by atoms with van der Waals surface area (Å²) in [6.07, 6.45) is 1.14. The summed E-state index contributed by atoms with van der Waals surface area (Å²) in [6.45, 7) is 0.393. The molecule has 0 spiro atoms. The first-order valence-corrected chi connectivity index (χ1v) is 9.94. The van der Waals surface area contributed by atoms with Crippen LogP contribution in [-0.2, 0) is 6.54 Å². The van der Waals surface area contributed by atoms with E-state index >= 15 is 0 Å². The zero-order chi connectivity index (χ0) is 22.3. The molecular weight excluding hydrogens is 408 g/mol. The Bertz CT molecular complexity index is 1210. The van der Waals surface area contributed by atoms with Gasteiger partial charge in [0.25, 0.3) is 0 Å². The van der Waals surface area contributed by atoms with Gasteiger partial charge in [-0.2, -0.15) is 0 Å². The van der Waals surface area contributed by atoms with Crippen LogP contribution in [0, 0.1) is 0 Å². The third kappa shape index (κ3) is 4.89. The van der Waals surface area contributed by atoms with Crippen molar-refractivity contribution < 1.29 is 23.7 Å². The Morgan fingerprint density at radius 3 is 2.25 bits per heavy atom. The first-order chi connectivity index (χ1) is 15.7. The lowest BCUT2D eigenvalue weighted by Crippen LogP contribution is -2.26. The number of fused-ring (bicyclic) bond motifs is 1. The molecule has 0 aliphatic carbocycles. The van der Waals surface area contributed by atoms with Gasteiger partial charge in [-0.1, -0.05) is 30.3 Å². The summed E-state index contributed by atoms with van der Waals surface area (Å²) >= 11 is 0. The van der Waals surface area contributed by atoms with Crippen molar-refractivity contribution in [2.75, 3.05) is 14.2 Å². The van der Waals surface area contributed by atoms with Crippen molar-refractivity contribution in [3.8, 4) is 28.7 Å². The standard InChI is InChI=1S/C25H22N2O5/c1-29-23-14-20-21(15-24(23)30-2)26-13-12-22(20)31-18-8-10-19(11-9-18)32-25(28)27-16-17-6-4-3-5-7-17/h3-15H,16H2,1-2H3,(H,27,28). The number of ether oxygens (including phenoxy) is 4. The SMILES string of the molecule is COc1cc2nccc(Oc3ccc(OC(=O)NCc4ccccc4)cc3)c2cc1OC. The number of hydrogen-bond acceptors (Lipinski definition) is 6. The van der Waals surface area contributed by atoms with E-state index in [1.807, 2.05) is 36.4 Å². The van der Waals surface area contributed by atoms with Gasteiger partial charge in [-0.3, -0.25) is 4.98 Å². The first kappa shape index (κ1) is 21.0. The van der Waals surface area contributed by atoms with Crippen molar-refractivity contribution >= 4 is 17.0 Å². The fourth-order valence-corrected chi connectivity index (χ4v) is 3.15. The Balaban J connectivity index is 1.43. The maximum Gasteiger partial charge on any atom is 0.412 e. The van der Waals surface area contributed by atoms with Gasteiger partial charge >= 0.3 is 6.09 Å². The van der Waals surface area contributed by atoms with E-state index in [0.29, 0.717) is 35.3 Å². The highest BCUT2D eigenvalue weighted by atomic mass is 16.6. The number of methoxy groups -OCH3 is 2. The third-order valence-corrected chi connectivity index (χ3v) is 4.75. The maximum atomic E-state index is 12.0. The molecule has 1 heterocycles. The molecule has 0 saturated heterocycles. The number of carbonyl (C=O) groups excluding carboxylic acids is 1. The Morgan fingerprint density at radius 2 is 1.53 bits per heavy atom. The minimum Gasteiger partial charge on any atom is -0.493 e. The van der Waals surface area contributed by atoms with Crippen molar-refractivity contribution in [1.82, 2.24) is 10.3 Å². The normalized spacial score (nSPS) is 10.4. The average Bonchev–Trinajstić information content (AvgIpc) is 2.84. The number of amides is 1. The van der Waals surface area contributed by atoms with E-state index in [-0.39, 0.29) is 0 Å². The molecule has 32 heavy (non-hydrogen) atoms. The second-order valence-electron chi connectivity index (χ2n) is 6.84. The summed E-state index contributed by atoms with van der Waals surface area (Å²) in [4.78, 5) is 16.4. The predicted octanol–water partition coefficient (Wildman–Crippen LogP) is 5.33. The van der Waals surface area contributed by atoms with Gasteiger partial charge in [0.05, 0.1) is 19.7 Å². The van der Waals surface area contributed by atoms with Crippen LogP contribution in [0.3, 0.4) is 0 Å². The molecule has 7 nitrogen and oxygen atoms in total. The minimum absolute atomic E-state index is 0.393. The summed E-state index contributed by atoms with van der Waals surface area (Å²) in [5, 5.41) is 3.50. The fourth-order valence-electron chi connectivity index (χ4n) is 3.15. The summed E-state index contributed by atoms with van der Waals surface area (Å²) in [5.74, 6) is 2.79. The van der Waals surface area contributed by atoms with Crippen LogP contribution in [0.25, 0.3) is 10.9 Å². The van der Waals surface area contributed by atoms with Crippen LogP contribution in [0.4, 0.5) is 4.79 Å². The summed E-state index contributed by atoms with van der Waals surface area (Å²) in [7, 11) is 3.16. The highest BCUT2D eigenvalue weighted by Gasteiger charge is 2.12. The Morgan fingerprint density at radius 1 is 0.844 bits per heavy atom. The van der Waals surface area contributed by atoms with Gasteiger partial charge in [0.1, 0.15) is 17.2 Å². The topological polar surface area (TPSA) is 78.9 Å². The molecule has 0 bridgehead atoms. The van der Waals surface area contributed by atoms with Gasteiger partial charge in [-0.15, -0.1) is 0 Å². The van der Waals surface area contributed by atoms with Crippen LogP contribution in [0.2, 0.25) is 0 Å². The van der Waals surface area contributed by atoms with Crippen molar-refractivity contribution in [2.24, 2.45) is 0 Å². The van der Waals surface area contributed by atoms with Gasteiger partial charge < -0.3 is 24.3 Å². The molecule has 162 valence electrons. The lowest BCUT2D eigenvalue weighted by molar-refractivity contribution is 0.200. The number of nitrogens with zero attached hydrogens (tertiary/aromatic N) is 1. The van der Waals surface area contributed by atoms with Crippen molar-refractivity contribution in [3.63, 3.8) is 0 Å². The monoisotopic (exact) mass is 430 g/mol. The molecule has 0 radical (unpaired) electrons. The van der Waals surface area contributed by atoms with E-state index in [1.54, 1.807) is 56.8 Å². The Labute approximate surface area is 185 Å². The predicted molar refractivity (Wildman–Crippen MR) is 121 cm³/mol. The third-order valence-electron chi connectivity index (χ3n) is 4.75. The van der Waals surface area contributed by atoms with E-state index in [4.69, 9.17) is 18.9 Å². The molecule has 0 aliphatic heterocycles. The van der Waals surface area contributed by atoms with Crippen molar-refractivity contribution in [2.45, 2.75) is 6.54 Å². The number of hydrogen-bond donors (Lipinski definition) is 1. The first-order valence-electron chi connectivity index (χ1n) is 9.94. The number of benzene rings is 3. The lowest BCUT2D eigenvalue weighted by atomic mass is 10.2. The van der Waals surface area contributed by atoms with Gasteiger partial charge in [-0.25, -0.2) is 4.79 Å². The molecule has 0 aliphatic rings. The molecule has 7 heteroatoms. The second kappa shape index (κ2) is 9.70. The highest BCUT2D eigenvalue weighted by Crippen LogP contribution is 2.37. The summed E-state index contributed by atoms with van der Waals surface area (Å²) in [6, 6.07) is 21.8. The number of aromatic nitrogens is 1. The molecule has 0 unspecified atom stereocenters. The molecule has 1 aromatic heterocycles. The molecule has 4 rings (SSSR count). The molecule has 0 saturated carbocycles. The maximum absolute atomic E-state index is 12.0. The summed E-state index contributed by atoms with van der Waals surface area (Å²) < 4.78 is 22.1. The zero-order valence-electron chi connectivity index (χ0n) is 17.7. The van der Waals surface area contributed by atoms with Crippen LogP contribution in [0.5, 0.6) is 28.7 Å². The molecule has 1 amide bonds. The van der Waals surface area contributed by atoms with E-state index in [1.165, 1.54) is 0 Å². The van der Waals surface area contributed by atoms with Crippen LogP contribution in [0.1, 0.15) is 5.56 Å². The number of rotatable bonds is 7. The molecule has 3 aromatic carbocycles. The van der Waals surface area contributed by atoms with E-state index < -0.39 is 6.09 Å². The van der Waals surface area contributed by atoms with Crippen molar-refractivity contribution in [3.05, 3.63) is 84.6 Å². The Hall–Kier alpha value is -4.26. The second-order valence-corrected chi connectivity index (χ2v) is 6.84. The highest BCUT2D eigenvalue weighted by molar-refractivity contribution is 5.88. The minimum atomic E-state index is -0.524. The van der Waals surface area contributed by atoms with Gasteiger partial charge in [0, 0.05) is 24.2 Å². The summed E-state index contributed by atoms with van der Waals surface area (Å²) in [5.41, 5.74) is 1.71. The molecule has 4 aromatic rings. The number of carbonyl (C=O) groups is 1. The molecule has 1 N–H and O–H groups in total. The average molecular weight is 430 g/mol. The molecule has 0 atom stereocenters. The van der Waals surface area contributed by atoms with Crippen molar-refractivity contribution in [1.29, 1.82) is 0 Å². The van der Waals surface area contributed by atoms with Crippen LogP contribution >= 0.6 is 0 Å². The zero-order valence-corrected chi connectivity index (χ0v) is 17.7. The largest absolute Gasteiger partial charge is 0.493 e. The fraction of sp³-hybridized carbons (Fsp3) is 0.120. The quantitative estimate of drug-likeness (QED) is 0.427. The van der Waals surface area contributed by atoms with Crippen LogP contribution in [0.15, 0.2) is 79.0 Å². The molecular formula is C25H22N2O5. The lowest BCUT2D eigenvalue weighted by Gasteiger charge is -2.12. The van der Waals surface area contributed by atoms with E-state index in [9.17, 15) is 4.79 Å². The van der Waals surface area contributed by atoms with Gasteiger partial charge in [0.15, 0.2) is 11.5 Å². The Kier molecular flexibility index (Phi) is 6.36. The number of pyridine rings is 1. The number of nitrogens with one attached hydrogen (secondary N) is 1. The van der Waals surface area contributed by atoms with Gasteiger partial charge in [0.2, 0.25) is 0 Å². The van der Waals surface area contributed by atoms with Crippen LogP contribution < -0.4 is 24.3 Å².